The molecule has 3 heterocycles. The highest BCUT2D eigenvalue weighted by atomic mass is 16.3. The van der Waals surface area contributed by atoms with Crippen molar-refractivity contribution in [3.8, 4) is 0 Å². The highest BCUT2D eigenvalue weighted by Gasteiger charge is 2.21. The highest BCUT2D eigenvalue weighted by molar-refractivity contribution is 5.92. The molecular weight excluding hydrogens is 366 g/mol. The first-order valence-electron chi connectivity index (χ1n) is 10.6. The number of furan rings is 1. The number of carbonyl (C=O) groups is 1. The fourth-order valence-corrected chi connectivity index (χ4v) is 4.51. The van der Waals surface area contributed by atoms with Gasteiger partial charge in [0, 0.05) is 24.8 Å². The monoisotopic (exact) mass is 393 g/mol. The van der Waals surface area contributed by atoms with Crippen LogP contribution in [0.15, 0.2) is 41.0 Å². The van der Waals surface area contributed by atoms with E-state index in [0.717, 1.165) is 67.3 Å². The zero-order valence-corrected chi connectivity index (χ0v) is 16.6. The van der Waals surface area contributed by atoms with E-state index in [1.54, 1.807) is 6.26 Å². The first kappa shape index (κ1) is 18.2. The van der Waals surface area contributed by atoms with Gasteiger partial charge >= 0.3 is 6.03 Å². The highest BCUT2D eigenvalue weighted by Crippen LogP contribution is 2.25. The van der Waals surface area contributed by atoms with Crippen molar-refractivity contribution < 1.29 is 9.21 Å². The van der Waals surface area contributed by atoms with Crippen molar-refractivity contribution in [1.29, 1.82) is 0 Å². The van der Waals surface area contributed by atoms with Gasteiger partial charge in [0.05, 0.1) is 30.4 Å². The molecule has 1 aliphatic heterocycles. The summed E-state index contributed by atoms with van der Waals surface area (Å²) in [5, 5.41) is 6.08. The van der Waals surface area contributed by atoms with Crippen molar-refractivity contribution in [1.82, 2.24) is 19.8 Å². The summed E-state index contributed by atoms with van der Waals surface area (Å²) in [4.78, 5) is 19.5. The number of carbonyl (C=O) groups excluding carboxylic acids is 1. The zero-order chi connectivity index (χ0) is 19.6. The minimum Gasteiger partial charge on any atom is -0.468 e. The number of anilines is 1. The summed E-state index contributed by atoms with van der Waals surface area (Å²) in [6.45, 7) is 3.45. The van der Waals surface area contributed by atoms with E-state index >= 15 is 0 Å². The Morgan fingerprint density at radius 3 is 2.90 bits per heavy atom. The van der Waals surface area contributed by atoms with Gasteiger partial charge in [0.2, 0.25) is 0 Å². The second-order valence-corrected chi connectivity index (χ2v) is 8.11. The lowest BCUT2D eigenvalue weighted by Crippen LogP contribution is -2.38. The lowest BCUT2D eigenvalue weighted by atomic mass is 9.96. The van der Waals surface area contributed by atoms with E-state index in [9.17, 15) is 4.79 Å². The van der Waals surface area contributed by atoms with Crippen LogP contribution < -0.4 is 10.6 Å². The van der Waals surface area contributed by atoms with E-state index in [4.69, 9.17) is 9.40 Å². The molecule has 152 valence electrons. The Hall–Kier alpha value is -2.80. The van der Waals surface area contributed by atoms with Gasteiger partial charge in [0.25, 0.3) is 0 Å². The van der Waals surface area contributed by atoms with Crippen molar-refractivity contribution in [3.05, 3.63) is 48.2 Å². The molecule has 7 heteroatoms. The summed E-state index contributed by atoms with van der Waals surface area (Å²) < 4.78 is 7.75. The maximum absolute atomic E-state index is 12.3. The quantitative estimate of drug-likeness (QED) is 0.700. The summed E-state index contributed by atoms with van der Waals surface area (Å²) in [6, 6.07) is 10.1. The maximum Gasteiger partial charge on any atom is 0.319 e. The Labute approximate surface area is 170 Å². The zero-order valence-electron chi connectivity index (χ0n) is 16.6. The third kappa shape index (κ3) is 4.00. The van der Waals surface area contributed by atoms with E-state index in [-0.39, 0.29) is 6.03 Å². The van der Waals surface area contributed by atoms with E-state index in [1.165, 1.54) is 19.3 Å². The van der Waals surface area contributed by atoms with Crippen molar-refractivity contribution in [3.63, 3.8) is 0 Å². The van der Waals surface area contributed by atoms with Crippen LogP contribution in [0.3, 0.4) is 0 Å². The molecule has 1 aromatic carbocycles. The second-order valence-electron chi connectivity index (χ2n) is 8.11. The average Bonchev–Trinajstić information content (AvgIpc) is 3.35. The number of rotatable bonds is 4. The first-order chi connectivity index (χ1) is 14.2. The molecule has 3 aromatic rings. The van der Waals surface area contributed by atoms with E-state index in [1.807, 2.05) is 24.3 Å². The molecule has 29 heavy (non-hydrogen) atoms. The van der Waals surface area contributed by atoms with Crippen LogP contribution in [0.4, 0.5) is 10.5 Å². The largest absolute Gasteiger partial charge is 0.468 e. The van der Waals surface area contributed by atoms with E-state index in [0.29, 0.717) is 6.04 Å². The van der Waals surface area contributed by atoms with Crippen LogP contribution in [0, 0.1) is 0 Å². The molecule has 7 nitrogen and oxygen atoms in total. The lowest BCUT2D eigenvalue weighted by molar-refractivity contribution is 0.195. The fraction of sp³-hybridized carbons (Fsp3) is 0.455. The number of nitrogens with one attached hydrogen (secondary N) is 2. The number of hydrogen-bond donors (Lipinski definition) is 2. The molecule has 2 aromatic heterocycles. The van der Waals surface area contributed by atoms with Crippen molar-refractivity contribution >= 4 is 22.8 Å². The second kappa shape index (κ2) is 7.91. The van der Waals surface area contributed by atoms with Crippen LogP contribution in [-0.4, -0.2) is 33.1 Å². The van der Waals surface area contributed by atoms with E-state index in [2.05, 4.69) is 26.2 Å². The summed E-state index contributed by atoms with van der Waals surface area (Å²) >= 11 is 0. The molecule has 1 saturated carbocycles. The maximum atomic E-state index is 12.3. The molecule has 1 fully saturated rings. The number of urea groups is 1. The Morgan fingerprint density at radius 2 is 2.07 bits per heavy atom. The number of imidazole rings is 1. The molecule has 0 radical (unpaired) electrons. The minimum absolute atomic E-state index is 0.121. The summed E-state index contributed by atoms with van der Waals surface area (Å²) in [5.74, 6) is 2.03. The van der Waals surface area contributed by atoms with Gasteiger partial charge in [-0.1, -0.05) is 19.3 Å². The topological polar surface area (TPSA) is 75.3 Å². The van der Waals surface area contributed by atoms with Gasteiger partial charge < -0.3 is 19.6 Å². The Kier molecular flexibility index (Phi) is 4.97. The third-order valence-electron chi connectivity index (χ3n) is 5.99. The first-order valence-corrected chi connectivity index (χ1v) is 10.6. The number of hydrogen-bond acceptors (Lipinski definition) is 4. The van der Waals surface area contributed by atoms with Gasteiger partial charge in [-0.25, -0.2) is 9.78 Å². The van der Waals surface area contributed by atoms with Gasteiger partial charge in [-0.3, -0.25) is 4.90 Å². The van der Waals surface area contributed by atoms with Crippen LogP contribution in [0.2, 0.25) is 0 Å². The lowest BCUT2D eigenvalue weighted by Gasteiger charge is -2.26. The number of aromatic nitrogens is 2. The van der Waals surface area contributed by atoms with Crippen LogP contribution in [0.25, 0.3) is 11.0 Å². The normalized spacial score (nSPS) is 17.9. The number of nitrogens with zero attached hydrogens (tertiary/aromatic N) is 3. The smallest absolute Gasteiger partial charge is 0.319 e. The van der Waals surface area contributed by atoms with Crippen LogP contribution in [0.1, 0.15) is 43.7 Å². The minimum atomic E-state index is -0.121. The summed E-state index contributed by atoms with van der Waals surface area (Å²) in [6.07, 6.45) is 7.55. The summed E-state index contributed by atoms with van der Waals surface area (Å²) in [7, 11) is 0. The molecule has 0 spiro atoms. The standard InChI is InChI=1S/C22H27N5O2/c28-22(23-16-5-2-1-3-6-16)24-17-8-9-20-19(13-17)25-21-15-26(10-11-27(20)21)14-18-7-4-12-29-18/h4,7-9,12-13,16H,1-3,5-6,10-11,14-15H2,(H2,23,24,28). The predicted molar refractivity (Wildman–Crippen MR) is 112 cm³/mol. The van der Waals surface area contributed by atoms with E-state index < -0.39 is 0 Å². The number of fused-ring (bicyclic) bond motifs is 3. The number of benzene rings is 1. The molecule has 0 saturated heterocycles. The molecule has 2 amide bonds. The van der Waals surface area contributed by atoms with Crippen LogP contribution in [0.5, 0.6) is 0 Å². The van der Waals surface area contributed by atoms with Crippen molar-refractivity contribution in [2.75, 3.05) is 11.9 Å². The third-order valence-corrected chi connectivity index (χ3v) is 5.99. The van der Waals surface area contributed by atoms with Crippen LogP contribution in [-0.2, 0) is 19.6 Å². The molecule has 0 bridgehead atoms. The Balaban J connectivity index is 1.27. The molecule has 1 aliphatic carbocycles. The van der Waals surface area contributed by atoms with Crippen molar-refractivity contribution in [2.24, 2.45) is 0 Å². The Bertz CT molecular complexity index is 988. The predicted octanol–water partition coefficient (Wildman–Crippen LogP) is 4.10. The molecule has 2 N–H and O–H groups in total. The van der Waals surface area contributed by atoms with Crippen LogP contribution >= 0.6 is 0 Å². The fourth-order valence-electron chi connectivity index (χ4n) is 4.51. The SMILES string of the molecule is O=C(Nc1ccc2c(c1)nc1n2CCN(Cc2ccco2)C1)NC1CCCCC1. The average molecular weight is 393 g/mol. The number of amides is 2. The molecule has 5 rings (SSSR count). The van der Waals surface area contributed by atoms with Gasteiger partial charge in [0.15, 0.2) is 0 Å². The molecule has 2 aliphatic rings. The molecule has 0 atom stereocenters. The van der Waals surface area contributed by atoms with Gasteiger partial charge in [0.1, 0.15) is 11.6 Å². The van der Waals surface area contributed by atoms with Gasteiger partial charge in [-0.2, -0.15) is 0 Å². The molecule has 0 unspecified atom stereocenters. The molecular formula is C22H27N5O2. The van der Waals surface area contributed by atoms with Gasteiger partial charge in [-0.05, 0) is 43.2 Å². The summed E-state index contributed by atoms with van der Waals surface area (Å²) in [5.41, 5.74) is 2.83. The Morgan fingerprint density at radius 1 is 1.17 bits per heavy atom. The van der Waals surface area contributed by atoms with Crippen molar-refractivity contribution in [2.45, 2.75) is 57.8 Å². The van der Waals surface area contributed by atoms with Gasteiger partial charge in [-0.15, -0.1) is 0 Å².